The topological polar surface area (TPSA) is 0 Å². The maximum atomic E-state index is 5.65. The van der Waals surface area contributed by atoms with Crippen LogP contribution in [0.3, 0.4) is 0 Å². The van der Waals surface area contributed by atoms with Gasteiger partial charge in [-0.15, -0.1) is 0 Å². The first-order valence-electron chi connectivity index (χ1n) is 3.95. The summed E-state index contributed by atoms with van der Waals surface area (Å²) in [5.41, 5.74) is 0. The number of allylic oxidation sites excluding steroid dienone is 2. The van der Waals surface area contributed by atoms with Crippen LogP contribution in [0.2, 0.25) is 0 Å². The summed E-state index contributed by atoms with van der Waals surface area (Å²) in [7, 11) is 0. The van der Waals surface area contributed by atoms with Crippen LogP contribution in [-0.2, 0) is 0 Å². The maximum Gasteiger partial charge on any atom is 0.0110 e. The van der Waals surface area contributed by atoms with Crippen molar-refractivity contribution in [3.05, 3.63) is 11.1 Å². The molecule has 0 spiro atoms. The highest BCUT2D eigenvalue weighted by molar-refractivity contribution is 6.29. The Morgan fingerprint density at radius 1 is 1.50 bits per heavy atom. The van der Waals surface area contributed by atoms with Gasteiger partial charge in [-0.2, -0.15) is 0 Å². The van der Waals surface area contributed by atoms with Gasteiger partial charge in [-0.05, 0) is 25.7 Å². The molecule has 1 heteroatoms. The highest BCUT2D eigenvalue weighted by Crippen LogP contribution is 2.08. The van der Waals surface area contributed by atoms with E-state index in [0.717, 1.165) is 17.4 Å². The van der Waals surface area contributed by atoms with Crippen LogP contribution in [-0.4, -0.2) is 0 Å². The van der Waals surface area contributed by atoms with Gasteiger partial charge >= 0.3 is 0 Å². The predicted octanol–water partition coefficient (Wildman–Crippen LogP) is 3.96. The Bertz CT molecular complexity index is 99.3. The van der Waals surface area contributed by atoms with Gasteiger partial charge in [0.05, 0.1) is 0 Å². The molecule has 0 fully saturated rings. The monoisotopic (exact) mass is 160 g/mol. The van der Waals surface area contributed by atoms with Crippen LogP contribution >= 0.6 is 11.6 Å². The van der Waals surface area contributed by atoms with E-state index < -0.39 is 0 Å². The lowest BCUT2D eigenvalue weighted by molar-refractivity contribution is 0.559. The van der Waals surface area contributed by atoms with Crippen molar-refractivity contribution in [3.8, 4) is 0 Å². The van der Waals surface area contributed by atoms with Crippen molar-refractivity contribution < 1.29 is 0 Å². The van der Waals surface area contributed by atoms with Crippen molar-refractivity contribution in [1.29, 1.82) is 0 Å². The highest BCUT2D eigenvalue weighted by atomic mass is 35.5. The molecule has 0 bridgehead atoms. The van der Waals surface area contributed by atoms with Gasteiger partial charge in [0.25, 0.3) is 0 Å². The van der Waals surface area contributed by atoms with E-state index in [-0.39, 0.29) is 0 Å². The minimum Gasteiger partial charge on any atom is -0.0898 e. The van der Waals surface area contributed by atoms with E-state index in [1.165, 1.54) is 12.8 Å². The molecule has 60 valence electrons. The molecule has 0 aliphatic heterocycles. The molecule has 0 aliphatic carbocycles. The number of halogens is 1. The molecule has 0 saturated heterocycles. The van der Waals surface area contributed by atoms with Gasteiger partial charge in [0.15, 0.2) is 0 Å². The molecule has 0 aromatic heterocycles. The van der Waals surface area contributed by atoms with Crippen LogP contribution < -0.4 is 0 Å². The van der Waals surface area contributed by atoms with Gasteiger partial charge < -0.3 is 0 Å². The summed E-state index contributed by atoms with van der Waals surface area (Å²) >= 11 is 5.65. The zero-order chi connectivity index (χ0) is 7.98. The first-order valence-corrected chi connectivity index (χ1v) is 4.33. The third-order valence-corrected chi connectivity index (χ3v) is 1.57. The summed E-state index contributed by atoms with van der Waals surface area (Å²) in [5, 5.41) is 0.920. The first kappa shape index (κ1) is 10.0. The zero-order valence-electron chi connectivity index (χ0n) is 7.15. The summed E-state index contributed by atoms with van der Waals surface area (Å²) in [4.78, 5) is 0. The normalized spacial score (nSPS) is 12.7. The molecule has 0 rings (SSSR count). The maximum absolute atomic E-state index is 5.65. The molecule has 0 atom stereocenters. The Morgan fingerprint density at radius 3 is 2.50 bits per heavy atom. The van der Waals surface area contributed by atoms with E-state index in [1.54, 1.807) is 0 Å². The van der Waals surface area contributed by atoms with E-state index in [2.05, 4.69) is 19.9 Å². The van der Waals surface area contributed by atoms with Crippen LogP contribution in [0.4, 0.5) is 0 Å². The molecule has 0 aromatic rings. The lowest BCUT2D eigenvalue weighted by atomic mass is 10.1. The molecule has 0 radical (unpaired) electrons. The summed E-state index contributed by atoms with van der Waals surface area (Å²) in [6.07, 6.45) is 5.79. The average molecular weight is 161 g/mol. The highest BCUT2D eigenvalue weighted by Gasteiger charge is 1.91. The van der Waals surface area contributed by atoms with Crippen molar-refractivity contribution in [3.63, 3.8) is 0 Å². The fourth-order valence-electron chi connectivity index (χ4n) is 0.827. The summed E-state index contributed by atoms with van der Waals surface area (Å²) in [6.45, 7) is 6.42. The third-order valence-electron chi connectivity index (χ3n) is 1.41. The van der Waals surface area contributed by atoms with E-state index in [9.17, 15) is 0 Å². The van der Waals surface area contributed by atoms with Gasteiger partial charge in [-0.25, -0.2) is 0 Å². The third kappa shape index (κ3) is 8.03. The number of hydrogen-bond acceptors (Lipinski definition) is 0. The van der Waals surface area contributed by atoms with Crippen LogP contribution in [0.15, 0.2) is 11.1 Å². The predicted molar refractivity (Wildman–Crippen MR) is 48.3 cm³/mol. The Morgan fingerprint density at radius 2 is 2.10 bits per heavy atom. The van der Waals surface area contributed by atoms with Crippen molar-refractivity contribution >= 4 is 11.6 Å². The zero-order valence-corrected chi connectivity index (χ0v) is 7.91. The lowest BCUT2D eigenvalue weighted by Gasteiger charge is -2.00. The van der Waals surface area contributed by atoms with Gasteiger partial charge in [0.1, 0.15) is 0 Å². The summed E-state index contributed by atoms with van der Waals surface area (Å²) < 4.78 is 0. The minimum atomic E-state index is 0.823. The van der Waals surface area contributed by atoms with Crippen LogP contribution in [0.5, 0.6) is 0 Å². The molecule has 0 aliphatic rings. The molecule has 0 saturated carbocycles. The number of rotatable bonds is 4. The van der Waals surface area contributed by atoms with E-state index >= 15 is 0 Å². The molecule has 0 nitrogen and oxygen atoms in total. The second-order valence-corrected chi connectivity index (χ2v) is 3.71. The van der Waals surface area contributed by atoms with Gasteiger partial charge in [0.2, 0.25) is 0 Å². The molecule has 0 amide bonds. The first-order chi connectivity index (χ1) is 4.63. The van der Waals surface area contributed by atoms with Crippen LogP contribution in [0.25, 0.3) is 0 Å². The van der Waals surface area contributed by atoms with E-state index in [4.69, 9.17) is 11.6 Å². The van der Waals surface area contributed by atoms with E-state index in [0.29, 0.717) is 0 Å². The summed E-state index contributed by atoms with van der Waals surface area (Å²) in [6, 6.07) is 0. The van der Waals surface area contributed by atoms with Crippen LogP contribution in [0.1, 0.15) is 40.0 Å². The van der Waals surface area contributed by atoms with Crippen molar-refractivity contribution in [2.24, 2.45) is 5.92 Å². The average Bonchev–Trinajstić information content (AvgIpc) is 1.79. The Kier molecular flexibility index (Phi) is 5.81. The second-order valence-electron chi connectivity index (χ2n) is 3.12. The Labute approximate surface area is 69.3 Å². The lowest BCUT2D eigenvalue weighted by Crippen LogP contribution is -1.85. The fraction of sp³-hybridized carbons (Fsp3) is 0.778. The SMILES string of the molecule is CC(Cl)=CCCCC(C)C. The summed E-state index contributed by atoms with van der Waals surface area (Å²) in [5.74, 6) is 0.823. The fourth-order valence-corrected chi connectivity index (χ4v) is 0.936. The molecule has 0 aromatic carbocycles. The molecule has 0 heterocycles. The standard InChI is InChI=1S/C9H17Cl/c1-8(2)6-4-5-7-9(3)10/h7-8H,4-6H2,1-3H3. The van der Waals surface area contributed by atoms with Gasteiger partial charge in [-0.1, -0.05) is 37.9 Å². The van der Waals surface area contributed by atoms with Crippen molar-refractivity contribution in [2.75, 3.05) is 0 Å². The number of unbranched alkanes of at least 4 members (excludes halogenated alkanes) is 1. The van der Waals surface area contributed by atoms with Gasteiger partial charge in [0, 0.05) is 5.03 Å². The molecular weight excluding hydrogens is 144 g/mol. The van der Waals surface area contributed by atoms with Gasteiger partial charge in [-0.3, -0.25) is 0 Å². The van der Waals surface area contributed by atoms with Crippen molar-refractivity contribution in [1.82, 2.24) is 0 Å². The van der Waals surface area contributed by atoms with E-state index in [1.807, 2.05) is 6.92 Å². The minimum absolute atomic E-state index is 0.823. The van der Waals surface area contributed by atoms with Crippen molar-refractivity contribution in [2.45, 2.75) is 40.0 Å². The quantitative estimate of drug-likeness (QED) is 0.547. The smallest absolute Gasteiger partial charge is 0.0110 e. The molecule has 0 N–H and O–H groups in total. The van der Waals surface area contributed by atoms with Crippen LogP contribution in [0, 0.1) is 5.92 Å². The second kappa shape index (κ2) is 5.79. The number of hydrogen-bond donors (Lipinski definition) is 0. The Balaban J connectivity index is 3.13. The molecular formula is C9H17Cl. The largest absolute Gasteiger partial charge is 0.0898 e. The Hall–Kier alpha value is 0.0300. The molecule has 0 unspecified atom stereocenters. The molecule has 10 heavy (non-hydrogen) atoms.